The third-order valence-corrected chi connectivity index (χ3v) is 11.9. The van der Waals surface area contributed by atoms with Gasteiger partial charge in [-0.15, -0.1) is 0 Å². The van der Waals surface area contributed by atoms with E-state index in [2.05, 4.69) is 78.0 Å². The summed E-state index contributed by atoms with van der Waals surface area (Å²) in [5, 5.41) is -0.405. The van der Waals surface area contributed by atoms with Crippen molar-refractivity contribution in [2.24, 2.45) is 0 Å². The summed E-state index contributed by atoms with van der Waals surface area (Å²) in [5.41, 5.74) is 4.01. The summed E-state index contributed by atoms with van der Waals surface area (Å²) in [5.74, 6) is 1.99. The van der Waals surface area contributed by atoms with Crippen LogP contribution in [-0.2, 0) is 14.2 Å². The van der Waals surface area contributed by atoms with Gasteiger partial charge < -0.3 is 14.2 Å². The second kappa shape index (κ2) is 13.2. The van der Waals surface area contributed by atoms with E-state index in [4.69, 9.17) is 14.2 Å². The zero-order chi connectivity index (χ0) is 26.4. The van der Waals surface area contributed by atoms with Gasteiger partial charge in [-0.1, -0.05) is 76.8 Å². The lowest BCUT2D eigenvalue weighted by Gasteiger charge is -2.53. The molecule has 1 unspecified atom stereocenters. The molecule has 1 atom stereocenters. The summed E-state index contributed by atoms with van der Waals surface area (Å²) < 4.78 is 20.6. The molecule has 1 aromatic rings. The number of benzene rings is 1. The highest BCUT2D eigenvalue weighted by Gasteiger charge is 2.54. The third kappa shape index (κ3) is 7.02. The summed E-state index contributed by atoms with van der Waals surface area (Å²) in [6.45, 7) is 13.0. The molecule has 0 aromatic heterocycles. The number of rotatable bonds is 10. The van der Waals surface area contributed by atoms with Crippen molar-refractivity contribution in [2.75, 3.05) is 0 Å². The molecule has 4 rings (SSSR count). The Morgan fingerprint density at radius 2 is 1.24 bits per heavy atom. The number of hydrogen-bond acceptors (Lipinski definition) is 3. The van der Waals surface area contributed by atoms with Crippen LogP contribution in [0.3, 0.4) is 0 Å². The van der Waals surface area contributed by atoms with Gasteiger partial charge in [0.2, 0.25) is 0 Å². The van der Waals surface area contributed by atoms with Crippen molar-refractivity contribution in [3.8, 4) is 0 Å². The van der Waals surface area contributed by atoms with Crippen molar-refractivity contribution in [1.29, 1.82) is 0 Å². The van der Waals surface area contributed by atoms with Gasteiger partial charge in [0.1, 0.15) is 16.9 Å². The summed E-state index contributed by atoms with van der Waals surface area (Å²) in [6, 6.07) is 11.0. The maximum absolute atomic E-state index is 7.41. The van der Waals surface area contributed by atoms with Crippen LogP contribution >= 0.6 is 7.92 Å². The van der Waals surface area contributed by atoms with Crippen molar-refractivity contribution in [1.82, 2.24) is 0 Å². The van der Waals surface area contributed by atoms with Crippen molar-refractivity contribution in [2.45, 2.75) is 147 Å². The Morgan fingerprint density at radius 1 is 0.703 bits per heavy atom. The van der Waals surface area contributed by atoms with Crippen LogP contribution < -0.4 is 0 Å². The second-order valence-corrected chi connectivity index (χ2v) is 15.2. The molecule has 0 N–H and O–H groups in total. The Balaban J connectivity index is 1.98. The standard InChI is InChI=1S/C33H51O3P/c1-24(2)34-28-22-31(35-25(3)4)32(27-16-10-7-11-17-27)33(23-28,36-26(5)6)37(29-18-12-8-13-19-29)30-20-14-9-15-21-30/h7,10-11,16-17,22,24-26,29-30H,8-9,12-15,18-21,23H2,1-6H3. The highest BCUT2D eigenvalue weighted by molar-refractivity contribution is 7.61. The Labute approximate surface area is 228 Å². The van der Waals surface area contributed by atoms with Gasteiger partial charge in [0, 0.05) is 18.1 Å². The molecular formula is C33H51O3P. The first-order valence-electron chi connectivity index (χ1n) is 15.1. The normalized spacial score (nSPS) is 24.3. The summed E-state index contributed by atoms with van der Waals surface area (Å²) >= 11 is 0. The van der Waals surface area contributed by atoms with Crippen LogP contribution in [0, 0.1) is 0 Å². The first-order chi connectivity index (χ1) is 17.8. The van der Waals surface area contributed by atoms with Crippen LogP contribution in [0.1, 0.15) is 118 Å². The van der Waals surface area contributed by atoms with E-state index < -0.39 is 13.3 Å². The van der Waals surface area contributed by atoms with E-state index >= 15 is 0 Å². The summed E-state index contributed by atoms with van der Waals surface area (Å²) in [4.78, 5) is 0. The van der Waals surface area contributed by atoms with Crippen LogP contribution in [0.25, 0.3) is 5.57 Å². The zero-order valence-corrected chi connectivity index (χ0v) is 25.2. The van der Waals surface area contributed by atoms with Gasteiger partial charge >= 0.3 is 0 Å². The van der Waals surface area contributed by atoms with Gasteiger partial charge in [-0.2, -0.15) is 0 Å². The van der Waals surface area contributed by atoms with Crippen molar-refractivity contribution in [3.05, 3.63) is 53.5 Å². The molecule has 4 heteroatoms. The number of hydrogen-bond donors (Lipinski definition) is 0. The lowest BCUT2D eigenvalue weighted by Crippen LogP contribution is -2.44. The Hall–Kier alpha value is -1.31. The molecule has 206 valence electrons. The highest BCUT2D eigenvalue weighted by Crippen LogP contribution is 2.71. The van der Waals surface area contributed by atoms with Crippen LogP contribution in [0.4, 0.5) is 0 Å². The minimum atomic E-state index is -0.479. The lowest BCUT2D eigenvalue weighted by molar-refractivity contribution is -0.00390. The molecule has 0 bridgehead atoms. The van der Waals surface area contributed by atoms with E-state index in [0.717, 1.165) is 29.3 Å². The van der Waals surface area contributed by atoms with E-state index in [0.29, 0.717) is 0 Å². The fourth-order valence-electron chi connectivity index (χ4n) is 6.86. The number of allylic oxidation sites excluding steroid dienone is 1. The van der Waals surface area contributed by atoms with E-state index in [1.54, 1.807) is 0 Å². The predicted octanol–water partition coefficient (Wildman–Crippen LogP) is 9.80. The quantitative estimate of drug-likeness (QED) is 0.284. The summed E-state index contributed by atoms with van der Waals surface area (Å²) in [6.07, 6.45) is 16.9. The molecule has 2 saturated carbocycles. The maximum atomic E-state index is 7.41. The molecule has 3 aliphatic rings. The predicted molar refractivity (Wildman–Crippen MR) is 158 cm³/mol. The average molecular weight is 527 g/mol. The van der Waals surface area contributed by atoms with Gasteiger partial charge in [-0.05, 0) is 84.1 Å². The van der Waals surface area contributed by atoms with Gasteiger partial charge in [-0.25, -0.2) is 0 Å². The van der Waals surface area contributed by atoms with Crippen molar-refractivity contribution >= 4 is 13.5 Å². The van der Waals surface area contributed by atoms with Crippen molar-refractivity contribution < 1.29 is 14.2 Å². The van der Waals surface area contributed by atoms with Gasteiger partial charge in [0.05, 0.1) is 18.3 Å². The van der Waals surface area contributed by atoms with E-state index in [1.807, 2.05) is 0 Å². The van der Waals surface area contributed by atoms with Crippen LogP contribution in [-0.4, -0.2) is 35.0 Å². The third-order valence-electron chi connectivity index (χ3n) is 7.94. The molecule has 37 heavy (non-hydrogen) atoms. The Morgan fingerprint density at radius 3 is 1.73 bits per heavy atom. The molecule has 2 fully saturated rings. The topological polar surface area (TPSA) is 27.7 Å². The first kappa shape index (κ1) is 28.7. The minimum absolute atomic E-state index is 0.0794. The van der Waals surface area contributed by atoms with Gasteiger partial charge in [0.15, 0.2) is 0 Å². The monoisotopic (exact) mass is 526 g/mol. The Kier molecular flexibility index (Phi) is 10.2. The van der Waals surface area contributed by atoms with Crippen molar-refractivity contribution in [3.63, 3.8) is 0 Å². The molecule has 0 amide bonds. The van der Waals surface area contributed by atoms with Gasteiger partial charge in [0.25, 0.3) is 0 Å². The number of ether oxygens (including phenoxy) is 3. The minimum Gasteiger partial charge on any atom is -0.495 e. The lowest BCUT2D eigenvalue weighted by atomic mass is 9.91. The van der Waals surface area contributed by atoms with Crippen LogP contribution in [0.15, 0.2) is 47.9 Å². The molecule has 0 aliphatic heterocycles. The second-order valence-electron chi connectivity index (χ2n) is 12.2. The smallest absolute Gasteiger partial charge is 0.130 e. The summed E-state index contributed by atoms with van der Waals surface area (Å²) in [7, 11) is -0.479. The van der Waals surface area contributed by atoms with Gasteiger partial charge in [-0.3, -0.25) is 0 Å². The Bertz CT molecular complexity index is 889. The molecule has 0 heterocycles. The molecule has 0 saturated heterocycles. The van der Waals surface area contributed by atoms with E-state index in [9.17, 15) is 0 Å². The fourth-order valence-corrected chi connectivity index (χ4v) is 11.6. The molecule has 3 aliphatic carbocycles. The van der Waals surface area contributed by atoms with E-state index in [1.165, 1.54) is 75.3 Å². The molecule has 0 radical (unpaired) electrons. The maximum Gasteiger partial charge on any atom is 0.130 e. The fraction of sp³-hybridized carbons (Fsp3) is 0.697. The highest BCUT2D eigenvalue weighted by atomic mass is 31.1. The first-order valence-corrected chi connectivity index (χ1v) is 16.6. The van der Waals surface area contributed by atoms with Crippen LogP contribution in [0.5, 0.6) is 0 Å². The van der Waals surface area contributed by atoms with Crippen LogP contribution in [0.2, 0.25) is 0 Å². The average Bonchev–Trinajstić information content (AvgIpc) is 2.85. The molecule has 3 nitrogen and oxygen atoms in total. The molecule has 1 aromatic carbocycles. The SMILES string of the molecule is CC(C)OC1=CC(OC(C)C)=C(c2ccccc2)C(OC(C)C)(P(C2CCCCC2)C2CCCCC2)C1. The largest absolute Gasteiger partial charge is 0.495 e. The molecule has 0 spiro atoms. The molecular weight excluding hydrogens is 475 g/mol. The zero-order valence-electron chi connectivity index (χ0n) is 24.3. The van der Waals surface area contributed by atoms with E-state index in [-0.39, 0.29) is 18.3 Å².